The number of likely N-dealkylation sites (tertiary alicyclic amines) is 1. The number of anilines is 1. The average Bonchev–Trinajstić information content (AvgIpc) is 3.48. The summed E-state index contributed by atoms with van der Waals surface area (Å²) in [4.78, 5) is 2.61. The quantitative estimate of drug-likeness (QED) is 0.795. The number of nitrogens with one attached hydrogen (secondary N) is 1. The Morgan fingerprint density at radius 2 is 2.03 bits per heavy atom. The van der Waals surface area contributed by atoms with E-state index >= 15 is 0 Å². The van der Waals surface area contributed by atoms with Crippen molar-refractivity contribution in [1.82, 2.24) is 15.1 Å². The number of rotatable bonds is 5. The minimum Gasteiger partial charge on any atom is -0.381 e. The fourth-order valence-electron chi connectivity index (χ4n) is 5.54. The molecule has 0 bridgehead atoms. The maximum Gasteiger partial charge on any atom is 0.166 e. The van der Waals surface area contributed by atoms with Crippen LogP contribution in [0.3, 0.4) is 0 Å². The van der Waals surface area contributed by atoms with Crippen molar-refractivity contribution in [1.29, 1.82) is 5.26 Å². The molecule has 3 aliphatic rings. The van der Waals surface area contributed by atoms with Crippen LogP contribution in [0.25, 0.3) is 11.3 Å². The Morgan fingerprint density at radius 3 is 2.74 bits per heavy atom. The number of halogens is 1. The molecule has 162 valence electrons. The summed E-state index contributed by atoms with van der Waals surface area (Å²) in [5.41, 5.74) is 2.54. The molecule has 0 amide bonds. The van der Waals surface area contributed by atoms with Crippen LogP contribution in [-0.4, -0.2) is 54.0 Å². The number of hydrogen-bond acceptors (Lipinski definition) is 6. The first kappa shape index (κ1) is 20.3. The van der Waals surface area contributed by atoms with E-state index in [9.17, 15) is 9.65 Å². The van der Waals surface area contributed by atoms with Gasteiger partial charge in [-0.15, -0.1) is 10.2 Å². The molecular weight excluding hydrogens is 393 g/mol. The molecule has 2 unspecified atom stereocenters. The van der Waals surface area contributed by atoms with Gasteiger partial charge in [-0.25, -0.2) is 4.39 Å². The fraction of sp³-hybridized carbons (Fsp3) is 0.542. The molecule has 5 rings (SSSR count). The lowest BCUT2D eigenvalue weighted by atomic mass is 10.0. The number of nitriles is 1. The zero-order valence-corrected chi connectivity index (χ0v) is 17.9. The molecule has 2 aliphatic heterocycles. The summed E-state index contributed by atoms with van der Waals surface area (Å²) in [5.74, 6) is 2.31. The molecule has 1 aromatic heterocycles. The second-order valence-electron chi connectivity index (χ2n) is 9.34. The van der Waals surface area contributed by atoms with Gasteiger partial charge in [0.15, 0.2) is 5.82 Å². The Labute approximate surface area is 182 Å². The molecule has 3 heterocycles. The molecule has 7 heteroatoms. The molecule has 2 aromatic rings. The highest BCUT2D eigenvalue weighted by atomic mass is 19.1. The van der Waals surface area contributed by atoms with Gasteiger partial charge in [-0.3, -0.25) is 0 Å². The maximum absolute atomic E-state index is 13.7. The molecule has 0 radical (unpaired) electrons. The van der Waals surface area contributed by atoms with Gasteiger partial charge in [0.25, 0.3) is 0 Å². The van der Waals surface area contributed by atoms with Crippen molar-refractivity contribution in [3.05, 3.63) is 41.2 Å². The van der Waals surface area contributed by atoms with Gasteiger partial charge >= 0.3 is 0 Å². The molecule has 3 fully saturated rings. The van der Waals surface area contributed by atoms with Crippen LogP contribution >= 0.6 is 0 Å². The second kappa shape index (κ2) is 8.52. The van der Waals surface area contributed by atoms with Gasteiger partial charge in [0.2, 0.25) is 0 Å². The van der Waals surface area contributed by atoms with E-state index in [0.717, 1.165) is 51.3 Å². The van der Waals surface area contributed by atoms with Crippen LogP contribution in [0.15, 0.2) is 24.3 Å². The Hall–Kier alpha value is -2.56. The maximum atomic E-state index is 13.7. The van der Waals surface area contributed by atoms with Gasteiger partial charge < -0.3 is 15.0 Å². The van der Waals surface area contributed by atoms with Crippen LogP contribution in [0.5, 0.6) is 0 Å². The molecule has 31 heavy (non-hydrogen) atoms. The van der Waals surface area contributed by atoms with E-state index in [2.05, 4.69) is 26.5 Å². The summed E-state index contributed by atoms with van der Waals surface area (Å²) in [6.45, 7) is 7.21. The number of benzene rings is 1. The van der Waals surface area contributed by atoms with E-state index in [-0.39, 0.29) is 5.82 Å². The third kappa shape index (κ3) is 4.28. The number of nitrogens with zero attached hydrogens (tertiary/aromatic N) is 4. The van der Waals surface area contributed by atoms with Crippen molar-refractivity contribution in [2.45, 2.75) is 32.2 Å². The third-order valence-corrected chi connectivity index (χ3v) is 7.10. The van der Waals surface area contributed by atoms with Gasteiger partial charge in [-0.05, 0) is 67.7 Å². The summed E-state index contributed by atoms with van der Waals surface area (Å²) in [6, 6.07) is 8.83. The van der Waals surface area contributed by atoms with Gasteiger partial charge in [-0.2, -0.15) is 5.26 Å². The predicted molar refractivity (Wildman–Crippen MR) is 116 cm³/mol. The normalized spacial score (nSPS) is 27.9. The summed E-state index contributed by atoms with van der Waals surface area (Å²) < 4.78 is 19.2. The molecule has 1 aliphatic carbocycles. The largest absolute Gasteiger partial charge is 0.381 e. The lowest BCUT2D eigenvalue weighted by molar-refractivity contribution is 0.171. The third-order valence-electron chi connectivity index (χ3n) is 7.10. The van der Waals surface area contributed by atoms with Gasteiger partial charge in [0.05, 0.1) is 17.9 Å². The number of ether oxygens (including phenoxy) is 1. The first-order valence-electron chi connectivity index (χ1n) is 11.2. The molecule has 4 atom stereocenters. The van der Waals surface area contributed by atoms with E-state index < -0.39 is 0 Å². The lowest BCUT2D eigenvalue weighted by Crippen LogP contribution is -2.30. The zero-order chi connectivity index (χ0) is 21.4. The number of fused-ring (bicyclic) bond motifs is 1. The van der Waals surface area contributed by atoms with Gasteiger partial charge in [-0.1, -0.05) is 6.07 Å². The smallest absolute Gasteiger partial charge is 0.166 e. The van der Waals surface area contributed by atoms with Crippen LogP contribution in [0.2, 0.25) is 0 Å². The van der Waals surface area contributed by atoms with Crippen molar-refractivity contribution in [3.8, 4) is 17.3 Å². The fourth-order valence-corrected chi connectivity index (χ4v) is 5.54. The van der Waals surface area contributed by atoms with Crippen molar-refractivity contribution >= 4 is 5.82 Å². The molecule has 1 saturated carbocycles. The Balaban J connectivity index is 1.23. The van der Waals surface area contributed by atoms with E-state index in [1.54, 1.807) is 12.1 Å². The number of aromatic nitrogens is 2. The summed E-state index contributed by atoms with van der Waals surface area (Å²) in [6.07, 6.45) is 3.38. The molecule has 1 aromatic carbocycles. The standard InChI is InChI=1S/C24H28FN5O/c1-15-2-3-20(25)9-22(15)23-8-17(10-26)24(29-28-23)27-21-6-18-12-30(13-19(18)7-21)11-16-4-5-31-14-16/h2-3,8-9,16,18-19,21H,4-7,11-14H2,1H3,(H,27,29)/t16?,18-,19+,21?. The highest BCUT2D eigenvalue weighted by Crippen LogP contribution is 2.40. The summed E-state index contributed by atoms with van der Waals surface area (Å²) >= 11 is 0. The van der Waals surface area contributed by atoms with Crippen LogP contribution in [0.1, 0.15) is 30.4 Å². The lowest BCUT2D eigenvalue weighted by Gasteiger charge is -2.22. The van der Waals surface area contributed by atoms with Crippen LogP contribution in [0.4, 0.5) is 10.2 Å². The molecule has 0 spiro atoms. The van der Waals surface area contributed by atoms with Crippen molar-refractivity contribution in [2.24, 2.45) is 17.8 Å². The molecular formula is C24H28FN5O. The molecule has 6 nitrogen and oxygen atoms in total. The van der Waals surface area contributed by atoms with Crippen LogP contribution < -0.4 is 5.32 Å². The monoisotopic (exact) mass is 421 g/mol. The Bertz CT molecular complexity index is 986. The second-order valence-corrected chi connectivity index (χ2v) is 9.34. The van der Waals surface area contributed by atoms with E-state index in [1.807, 2.05) is 6.92 Å². The topological polar surface area (TPSA) is 74.1 Å². The first-order valence-corrected chi connectivity index (χ1v) is 11.2. The van der Waals surface area contributed by atoms with Crippen molar-refractivity contribution in [3.63, 3.8) is 0 Å². The van der Waals surface area contributed by atoms with Gasteiger partial charge in [0.1, 0.15) is 11.9 Å². The van der Waals surface area contributed by atoms with Crippen molar-refractivity contribution < 1.29 is 9.13 Å². The Kier molecular flexibility index (Phi) is 5.59. The van der Waals surface area contributed by atoms with Gasteiger partial charge in [0, 0.05) is 37.8 Å². The highest BCUT2D eigenvalue weighted by molar-refractivity contribution is 5.67. The molecule has 1 N–H and O–H groups in total. The number of aryl methyl sites for hydroxylation is 1. The van der Waals surface area contributed by atoms with E-state index in [0.29, 0.717) is 46.4 Å². The number of hydrogen-bond donors (Lipinski definition) is 1. The van der Waals surface area contributed by atoms with Crippen molar-refractivity contribution in [2.75, 3.05) is 38.2 Å². The average molecular weight is 422 g/mol. The SMILES string of the molecule is Cc1ccc(F)cc1-c1cc(C#N)c(NC2C[C@@H]3CN(CC4CCOC4)C[C@@H]3C2)nn1. The van der Waals surface area contributed by atoms with Crippen LogP contribution in [-0.2, 0) is 4.74 Å². The Morgan fingerprint density at radius 1 is 1.23 bits per heavy atom. The minimum atomic E-state index is -0.324. The summed E-state index contributed by atoms with van der Waals surface area (Å²) in [5, 5.41) is 21.7. The first-order chi connectivity index (χ1) is 15.1. The highest BCUT2D eigenvalue weighted by Gasteiger charge is 2.41. The van der Waals surface area contributed by atoms with E-state index in [1.165, 1.54) is 18.6 Å². The predicted octanol–water partition coefficient (Wildman–Crippen LogP) is 3.62. The zero-order valence-electron chi connectivity index (χ0n) is 17.9. The van der Waals surface area contributed by atoms with E-state index in [4.69, 9.17) is 4.74 Å². The minimum absolute atomic E-state index is 0.315. The summed E-state index contributed by atoms with van der Waals surface area (Å²) in [7, 11) is 0. The molecule has 2 saturated heterocycles. The van der Waals surface area contributed by atoms with Crippen LogP contribution in [0, 0.1) is 41.8 Å².